The Morgan fingerprint density at radius 2 is 1.52 bits per heavy atom. The van der Waals surface area contributed by atoms with Crippen molar-refractivity contribution in [1.82, 2.24) is 0 Å². The van der Waals surface area contributed by atoms with Gasteiger partial charge in [-0.3, -0.25) is 0 Å². The Morgan fingerprint density at radius 1 is 1.00 bits per heavy atom. The minimum Gasteiger partial charge on any atom is -0.497 e. The van der Waals surface area contributed by atoms with E-state index < -0.39 is 0 Å². The molecule has 122 valence electrons. The Morgan fingerprint density at radius 3 is 1.83 bits per heavy atom. The summed E-state index contributed by atoms with van der Waals surface area (Å²) in [6, 6.07) is 21.8. The molecule has 2 aromatic carbocycles. The van der Waals surface area contributed by atoms with Gasteiger partial charge in [-0.1, -0.05) is 54.1 Å². The van der Waals surface area contributed by atoms with Gasteiger partial charge in [-0.15, -0.1) is 0 Å². The predicted molar refractivity (Wildman–Crippen MR) is 94.8 cm³/mol. The third kappa shape index (κ3) is 12.6. The van der Waals surface area contributed by atoms with Crippen molar-refractivity contribution in [2.24, 2.45) is 4.99 Å². The van der Waals surface area contributed by atoms with Crippen LogP contribution < -0.4 is 4.74 Å². The van der Waals surface area contributed by atoms with E-state index in [0.29, 0.717) is 5.90 Å². The van der Waals surface area contributed by atoms with Gasteiger partial charge in [0.05, 0.1) is 20.3 Å². The molecule has 0 fully saturated rings. The number of rotatable bonds is 2. The summed E-state index contributed by atoms with van der Waals surface area (Å²) in [5, 5.41) is 8.00. The van der Waals surface area contributed by atoms with Crippen LogP contribution in [-0.2, 0) is 4.74 Å². The van der Waals surface area contributed by atoms with Crippen LogP contribution in [0.15, 0.2) is 65.7 Å². The van der Waals surface area contributed by atoms with Gasteiger partial charge in [-0.2, -0.15) is 5.26 Å². The molecule has 0 heterocycles. The summed E-state index contributed by atoms with van der Waals surface area (Å²) >= 11 is 0. The molecule has 0 radical (unpaired) electrons. The Labute approximate surface area is 139 Å². The average molecular weight is 312 g/mol. The zero-order valence-electron chi connectivity index (χ0n) is 14.2. The highest BCUT2D eigenvalue weighted by Gasteiger charge is 1.81. The third-order valence-corrected chi connectivity index (χ3v) is 2.59. The van der Waals surface area contributed by atoms with E-state index in [-0.39, 0.29) is 6.54 Å². The van der Waals surface area contributed by atoms with Crippen LogP contribution in [0.1, 0.15) is 12.5 Å². The maximum atomic E-state index is 8.00. The Hall–Kier alpha value is -2.80. The van der Waals surface area contributed by atoms with Crippen molar-refractivity contribution in [1.29, 1.82) is 5.26 Å². The van der Waals surface area contributed by atoms with Crippen molar-refractivity contribution in [2.75, 3.05) is 20.8 Å². The van der Waals surface area contributed by atoms with Crippen LogP contribution in [0, 0.1) is 18.3 Å². The number of methoxy groups -OCH3 is 2. The second-order valence-corrected chi connectivity index (χ2v) is 4.37. The highest BCUT2D eigenvalue weighted by molar-refractivity contribution is 5.72. The molecule has 0 saturated heterocycles. The molecule has 2 rings (SSSR count). The lowest BCUT2D eigenvalue weighted by Gasteiger charge is -1.93. The first kappa shape index (κ1) is 20.2. The summed E-state index contributed by atoms with van der Waals surface area (Å²) in [5.41, 5.74) is 1.32. The smallest absolute Gasteiger partial charge is 0.180 e. The van der Waals surface area contributed by atoms with Gasteiger partial charge in [-0.05, 0) is 19.1 Å². The molecule has 0 aliphatic carbocycles. The fourth-order valence-electron chi connectivity index (χ4n) is 1.30. The van der Waals surface area contributed by atoms with E-state index in [2.05, 4.69) is 28.8 Å². The van der Waals surface area contributed by atoms with Gasteiger partial charge in [-0.25, -0.2) is 4.99 Å². The maximum absolute atomic E-state index is 8.00. The molecule has 0 N–H and O–H groups in total. The zero-order valence-corrected chi connectivity index (χ0v) is 14.2. The van der Waals surface area contributed by atoms with Crippen LogP contribution in [0.4, 0.5) is 0 Å². The molecule has 0 aromatic heterocycles. The molecule has 0 atom stereocenters. The number of aliphatic imine (C=N–C) groups is 1. The van der Waals surface area contributed by atoms with E-state index in [4.69, 9.17) is 10.00 Å². The van der Waals surface area contributed by atoms with Crippen LogP contribution in [0.5, 0.6) is 5.75 Å². The molecule has 0 unspecified atom stereocenters. The fourth-order valence-corrected chi connectivity index (χ4v) is 1.30. The minimum atomic E-state index is 0.180. The van der Waals surface area contributed by atoms with Crippen molar-refractivity contribution in [3.8, 4) is 11.8 Å². The molecule has 4 nitrogen and oxygen atoms in total. The van der Waals surface area contributed by atoms with Crippen LogP contribution in [0.2, 0.25) is 0 Å². The number of hydrogen-bond acceptors (Lipinski definition) is 4. The van der Waals surface area contributed by atoms with E-state index in [1.807, 2.05) is 54.6 Å². The number of nitriles is 1. The topological polar surface area (TPSA) is 54.6 Å². The van der Waals surface area contributed by atoms with Gasteiger partial charge >= 0.3 is 0 Å². The van der Waals surface area contributed by atoms with Crippen molar-refractivity contribution in [3.63, 3.8) is 0 Å². The summed E-state index contributed by atoms with van der Waals surface area (Å²) in [4.78, 5) is 3.69. The number of benzene rings is 2. The highest BCUT2D eigenvalue weighted by Crippen LogP contribution is 2.05. The molecular formula is C19H24N2O2. The number of hydrogen-bond donors (Lipinski definition) is 0. The van der Waals surface area contributed by atoms with Crippen LogP contribution in [-0.4, -0.2) is 26.7 Å². The van der Waals surface area contributed by atoms with Gasteiger partial charge < -0.3 is 9.47 Å². The molecule has 23 heavy (non-hydrogen) atoms. The Balaban J connectivity index is 0.000000316. The van der Waals surface area contributed by atoms with Crippen molar-refractivity contribution in [2.45, 2.75) is 13.8 Å². The van der Waals surface area contributed by atoms with E-state index >= 15 is 0 Å². The second kappa shape index (κ2) is 14.2. The van der Waals surface area contributed by atoms with Crippen molar-refractivity contribution < 1.29 is 9.47 Å². The molecule has 0 spiro atoms. The predicted octanol–water partition coefficient (Wildman–Crippen LogP) is 4.27. The molecule has 0 bridgehead atoms. The first-order valence-corrected chi connectivity index (χ1v) is 7.16. The lowest BCUT2D eigenvalue weighted by molar-refractivity contribution is 0.398. The number of para-hydroxylation sites is 1. The number of nitrogens with zero attached hydrogens (tertiary/aromatic N) is 2. The van der Waals surface area contributed by atoms with Gasteiger partial charge in [0.2, 0.25) is 0 Å². The zero-order chi connectivity index (χ0) is 17.3. The van der Waals surface area contributed by atoms with Crippen molar-refractivity contribution in [3.05, 3.63) is 66.2 Å². The molecule has 2 aromatic rings. The summed E-state index contributed by atoms with van der Waals surface area (Å²) in [7, 11) is 3.19. The van der Waals surface area contributed by atoms with Gasteiger partial charge in [0.1, 0.15) is 12.3 Å². The lowest BCUT2D eigenvalue weighted by Crippen LogP contribution is -1.93. The SMILES string of the molecule is COC(C)=NCC#N.COc1ccccc1.Cc1ccccc1. The van der Waals surface area contributed by atoms with E-state index in [1.54, 1.807) is 14.0 Å². The summed E-state index contributed by atoms with van der Waals surface area (Å²) in [6.45, 7) is 3.97. The van der Waals surface area contributed by atoms with Crippen LogP contribution in [0.3, 0.4) is 0 Å². The van der Waals surface area contributed by atoms with Crippen LogP contribution in [0.25, 0.3) is 0 Å². The first-order valence-electron chi connectivity index (χ1n) is 7.16. The third-order valence-electron chi connectivity index (χ3n) is 2.59. The molecular weight excluding hydrogens is 288 g/mol. The molecule has 0 amide bonds. The van der Waals surface area contributed by atoms with E-state index in [1.165, 1.54) is 12.7 Å². The quantitative estimate of drug-likeness (QED) is 0.473. The van der Waals surface area contributed by atoms with Gasteiger partial charge in [0.25, 0.3) is 0 Å². The molecule has 0 saturated carbocycles. The number of aryl methyl sites for hydroxylation is 1. The first-order chi connectivity index (χ1) is 11.1. The molecule has 0 aliphatic heterocycles. The molecule has 4 heteroatoms. The molecule has 0 aliphatic rings. The second-order valence-electron chi connectivity index (χ2n) is 4.37. The standard InChI is InChI=1S/C7H8O.C7H8.C5H8N2O/c1-8-7-5-3-2-4-6-7;1-7-5-3-2-4-6-7;1-5(8-2)7-4-3-6/h2-6H,1H3;2-6H,1H3;4H2,1-2H3. The minimum absolute atomic E-state index is 0.180. The van der Waals surface area contributed by atoms with Crippen LogP contribution >= 0.6 is 0 Å². The largest absolute Gasteiger partial charge is 0.497 e. The van der Waals surface area contributed by atoms with Gasteiger partial charge in [0, 0.05) is 6.92 Å². The Kier molecular flexibility index (Phi) is 12.4. The summed E-state index contributed by atoms with van der Waals surface area (Å²) in [5.74, 6) is 1.46. The fraction of sp³-hybridized carbons (Fsp3) is 0.263. The monoisotopic (exact) mass is 312 g/mol. The highest BCUT2D eigenvalue weighted by atomic mass is 16.5. The van der Waals surface area contributed by atoms with E-state index in [0.717, 1.165) is 5.75 Å². The number of ether oxygens (including phenoxy) is 2. The maximum Gasteiger partial charge on any atom is 0.180 e. The normalized spacial score (nSPS) is 9.26. The van der Waals surface area contributed by atoms with Gasteiger partial charge in [0.15, 0.2) is 5.90 Å². The summed E-state index contributed by atoms with van der Waals surface area (Å²) in [6.07, 6.45) is 0. The Bertz CT molecular complexity index is 575. The van der Waals surface area contributed by atoms with E-state index in [9.17, 15) is 0 Å². The lowest BCUT2D eigenvalue weighted by atomic mass is 10.2. The summed E-state index contributed by atoms with van der Waals surface area (Å²) < 4.78 is 9.57. The average Bonchev–Trinajstić information content (AvgIpc) is 2.62. The van der Waals surface area contributed by atoms with Crippen molar-refractivity contribution >= 4 is 5.90 Å².